The summed E-state index contributed by atoms with van der Waals surface area (Å²) in [5.74, 6) is 1.55. The van der Waals surface area contributed by atoms with Gasteiger partial charge in [0, 0.05) is 28.1 Å². The Kier molecular flexibility index (Phi) is 7.77. The van der Waals surface area contributed by atoms with Crippen LogP contribution in [0.5, 0.6) is 0 Å². The Balaban J connectivity index is 1.19. The molecule has 5 rings (SSSR count). The van der Waals surface area contributed by atoms with Crippen molar-refractivity contribution < 1.29 is 13.2 Å². The Morgan fingerprint density at radius 3 is 2.03 bits per heavy atom. The number of fused-ring (bicyclic) bond motifs is 1. The predicted molar refractivity (Wildman–Crippen MR) is 157 cm³/mol. The average Bonchev–Trinajstić information content (AvgIpc) is 2.94. The summed E-state index contributed by atoms with van der Waals surface area (Å²) in [6.07, 6.45) is 0. The minimum absolute atomic E-state index is 0.112. The lowest BCUT2D eigenvalue weighted by Crippen LogP contribution is -2.14. The molecule has 1 amide bonds. The van der Waals surface area contributed by atoms with Crippen molar-refractivity contribution in [3.05, 3.63) is 138 Å². The Labute approximate surface area is 227 Å². The molecule has 0 aromatic heterocycles. The molecule has 0 radical (unpaired) electrons. The highest BCUT2D eigenvalue weighted by Crippen LogP contribution is 2.26. The number of hydrogen-bond acceptors (Lipinski definition) is 4. The molecule has 0 heterocycles. The van der Waals surface area contributed by atoms with E-state index < -0.39 is 10.0 Å². The first-order valence-corrected chi connectivity index (χ1v) is 14.7. The molecule has 0 unspecified atom stereocenters. The summed E-state index contributed by atoms with van der Waals surface area (Å²) in [6, 6.07) is 37.1. The molecule has 5 aromatic carbocycles. The zero-order chi connectivity index (χ0) is 26.4. The molecule has 0 saturated heterocycles. The first-order valence-electron chi connectivity index (χ1n) is 12.1. The van der Waals surface area contributed by atoms with Crippen molar-refractivity contribution in [2.24, 2.45) is 0 Å². The second-order valence-electron chi connectivity index (χ2n) is 8.79. The lowest BCUT2D eigenvalue weighted by atomic mass is 10.1. The Morgan fingerprint density at radius 1 is 0.658 bits per heavy atom. The van der Waals surface area contributed by atoms with Crippen LogP contribution in [0.4, 0.5) is 11.4 Å². The number of hydrogen-bond donors (Lipinski definition) is 2. The summed E-state index contributed by atoms with van der Waals surface area (Å²) in [4.78, 5) is 12.8. The van der Waals surface area contributed by atoms with Crippen molar-refractivity contribution >= 4 is 49.8 Å². The minimum atomic E-state index is -3.80. The van der Waals surface area contributed by atoms with Crippen LogP contribution in [0.1, 0.15) is 21.5 Å². The smallest absolute Gasteiger partial charge is 0.261 e. The van der Waals surface area contributed by atoms with Crippen LogP contribution in [0.2, 0.25) is 0 Å². The van der Waals surface area contributed by atoms with Gasteiger partial charge in [-0.2, -0.15) is 11.8 Å². The monoisotopic (exact) mass is 538 g/mol. The van der Waals surface area contributed by atoms with Gasteiger partial charge >= 0.3 is 0 Å². The van der Waals surface area contributed by atoms with Crippen LogP contribution in [0.15, 0.2) is 126 Å². The van der Waals surface area contributed by atoms with Crippen molar-refractivity contribution in [2.45, 2.75) is 16.4 Å². The molecule has 0 saturated carbocycles. The van der Waals surface area contributed by atoms with Gasteiger partial charge in [0.2, 0.25) is 0 Å². The van der Waals surface area contributed by atoms with E-state index >= 15 is 0 Å². The fraction of sp³-hybridized carbons (Fsp3) is 0.0645. The van der Waals surface area contributed by atoms with Gasteiger partial charge in [0.25, 0.3) is 15.9 Å². The Bertz CT molecular complexity index is 1650. The maximum absolute atomic E-state index is 13.0. The van der Waals surface area contributed by atoms with Crippen LogP contribution < -0.4 is 10.0 Å². The molecule has 0 atom stereocenters. The van der Waals surface area contributed by atoms with Crippen molar-refractivity contribution in [2.75, 3.05) is 10.0 Å². The highest BCUT2D eigenvalue weighted by molar-refractivity contribution is 7.97. The molecule has 2 N–H and O–H groups in total. The van der Waals surface area contributed by atoms with Gasteiger partial charge in [0.1, 0.15) is 0 Å². The van der Waals surface area contributed by atoms with Crippen molar-refractivity contribution in [3.8, 4) is 0 Å². The zero-order valence-corrected chi connectivity index (χ0v) is 22.1. The summed E-state index contributed by atoms with van der Waals surface area (Å²) in [5, 5.41) is 4.61. The summed E-state index contributed by atoms with van der Waals surface area (Å²) in [7, 11) is -3.80. The van der Waals surface area contributed by atoms with E-state index in [0.717, 1.165) is 27.8 Å². The highest BCUT2D eigenvalue weighted by Gasteiger charge is 2.16. The minimum Gasteiger partial charge on any atom is -0.322 e. The maximum Gasteiger partial charge on any atom is 0.261 e. The maximum atomic E-state index is 13.0. The number of nitrogens with one attached hydrogen (secondary N) is 2. The van der Waals surface area contributed by atoms with Crippen LogP contribution >= 0.6 is 11.8 Å². The molecule has 0 aliphatic heterocycles. The molecule has 0 aliphatic rings. The third-order valence-corrected chi connectivity index (χ3v) is 8.51. The summed E-state index contributed by atoms with van der Waals surface area (Å²) in [5.41, 5.74) is 4.01. The lowest BCUT2D eigenvalue weighted by molar-refractivity contribution is 0.102. The van der Waals surface area contributed by atoms with E-state index in [2.05, 4.69) is 22.2 Å². The number of carbonyl (C=O) groups is 1. The highest BCUT2D eigenvalue weighted by atomic mass is 32.2. The number of rotatable bonds is 9. The van der Waals surface area contributed by atoms with E-state index in [-0.39, 0.29) is 10.8 Å². The Morgan fingerprint density at radius 2 is 1.29 bits per heavy atom. The van der Waals surface area contributed by atoms with Crippen molar-refractivity contribution in [1.82, 2.24) is 0 Å². The third-order valence-electron chi connectivity index (χ3n) is 6.05. The third kappa shape index (κ3) is 6.25. The first kappa shape index (κ1) is 25.6. The van der Waals surface area contributed by atoms with E-state index in [1.807, 2.05) is 78.5 Å². The van der Waals surface area contributed by atoms with E-state index in [9.17, 15) is 13.2 Å². The van der Waals surface area contributed by atoms with Crippen molar-refractivity contribution in [3.63, 3.8) is 0 Å². The van der Waals surface area contributed by atoms with Gasteiger partial charge in [-0.1, -0.05) is 78.9 Å². The van der Waals surface area contributed by atoms with Crippen LogP contribution in [0.25, 0.3) is 10.8 Å². The number of amides is 1. The normalized spacial score (nSPS) is 11.3. The number of benzene rings is 5. The lowest BCUT2D eigenvalue weighted by Gasteiger charge is -2.12. The average molecular weight is 539 g/mol. The van der Waals surface area contributed by atoms with Gasteiger partial charge in [0.15, 0.2) is 0 Å². The van der Waals surface area contributed by atoms with Crippen molar-refractivity contribution in [1.29, 1.82) is 0 Å². The van der Waals surface area contributed by atoms with Crippen LogP contribution in [-0.2, 0) is 21.5 Å². The molecule has 0 bridgehead atoms. The topological polar surface area (TPSA) is 75.3 Å². The number of carbonyl (C=O) groups excluding carboxylic acids is 1. The standard InChI is InChI=1S/C31H26N2O3S2/c34-31(26-15-13-24(14-16-26)22-37-21-23-7-2-1-3-8-23)32-27-17-19-28(20-18-27)38(35,36)33-30-12-6-10-25-9-4-5-11-29(25)30/h1-20,33H,21-22H2,(H,32,34). The molecule has 0 fully saturated rings. The first-order chi connectivity index (χ1) is 18.5. The molecule has 0 aliphatic carbocycles. The second kappa shape index (κ2) is 11.5. The quantitative estimate of drug-likeness (QED) is 0.206. The van der Waals surface area contributed by atoms with Gasteiger partial charge in [-0.3, -0.25) is 9.52 Å². The molecule has 7 heteroatoms. The molecular formula is C31H26N2O3S2. The van der Waals surface area contributed by atoms with Gasteiger partial charge in [0.05, 0.1) is 10.6 Å². The second-order valence-corrected chi connectivity index (χ2v) is 11.5. The number of sulfonamides is 1. The molecule has 38 heavy (non-hydrogen) atoms. The molecular weight excluding hydrogens is 512 g/mol. The van der Waals surface area contributed by atoms with Crippen LogP contribution in [-0.4, -0.2) is 14.3 Å². The van der Waals surface area contributed by atoms with Gasteiger partial charge in [-0.05, 0) is 59.0 Å². The van der Waals surface area contributed by atoms with Crippen LogP contribution in [0.3, 0.4) is 0 Å². The van der Waals surface area contributed by atoms with Crippen LogP contribution in [0, 0.1) is 0 Å². The summed E-state index contributed by atoms with van der Waals surface area (Å²) in [6.45, 7) is 0. The van der Waals surface area contributed by atoms with E-state index in [0.29, 0.717) is 16.9 Å². The van der Waals surface area contributed by atoms with Gasteiger partial charge in [-0.25, -0.2) is 8.42 Å². The summed E-state index contributed by atoms with van der Waals surface area (Å²) >= 11 is 1.83. The van der Waals surface area contributed by atoms with Gasteiger partial charge < -0.3 is 5.32 Å². The summed E-state index contributed by atoms with van der Waals surface area (Å²) < 4.78 is 28.7. The molecule has 190 valence electrons. The van der Waals surface area contributed by atoms with E-state index in [1.54, 1.807) is 30.3 Å². The van der Waals surface area contributed by atoms with E-state index in [1.165, 1.54) is 17.7 Å². The SMILES string of the molecule is O=C(Nc1ccc(S(=O)(=O)Nc2cccc3ccccc23)cc1)c1ccc(CSCc2ccccc2)cc1. The van der Waals surface area contributed by atoms with E-state index in [4.69, 9.17) is 0 Å². The fourth-order valence-corrected chi connectivity index (χ4v) is 6.09. The predicted octanol–water partition coefficient (Wildman–Crippen LogP) is 7.33. The molecule has 5 aromatic rings. The zero-order valence-electron chi connectivity index (χ0n) is 20.5. The molecule has 0 spiro atoms. The number of thioether (sulfide) groups is 1. The Hall–Kier alpha value is -4.07. The number of anilines is 2. The largest absolute Gasteiger partial charge is 0.322 e. The fourth-order valence-electron chi connectivity index (χ4n) is 4.05. The van der Waals surface area contributed by atoms with Gasteiger partial charge in [-0.15, -0.1) is 0 Å². The molecule has 5 nitrogen and oxygen atoms in total.